The van der Waals surface area contributed by atoms with Crippen LogP contribution in [0, 0.1) is 6.92 Å². The van der Waals surface area contributed by atoms with Crippen LogP contribution >= 0.6 is 0 Å². The second-order valence-corrected chi connectivity index (χ2v) is 9.21. The Labute approximate surface area is 215 Å². The van der Waals surface area contributed by atoms with Crippen LogP contribution in [0.2, 0.25) is 0 Å². The van der Waals surface area contributed by atoms with Gasteiger partial charge in [0.05, 0.1) is 0 Å². The van der Waals surface area contributed by atoms with Crippen LogP contribution in [-0.2, 0) is 14.1 Å². The van der Waals surface area contributed by atoms with Crippen LogP contribution in [0.25, 0.3) is 56.7 Å². The van der Waals surface area contributed by atoms with Crippen molar-refractivity contribution in [3.8, 4) is 56.7 Å². The maximum Gasteiger partial charge on any atom is 0.164 e. The minimum absolute atomic E-state index is 0.836. The molecule has 0 unspecified atom stereocenters. The molecule has 6 nitrogen and oxygen atoms in total. The highest BCUT2D eigenvalue weighted by atomic mass is 15.3. The summed E-state index contributed by atoms with van der Waals surface area (Å²) < 4.78 is 4.09. The summed E-state index contributed by atoms with van der Waals surface area (Å²) in [5.41, 5.74) is 7.59. The van der Waals surface area contributed by atoms with E-state index in [1.165, 1.54) is 5.56 Å². The lowest BCUT2D eigenvalue weighted by Gasteiger charge is -2.10. The Morgan fingerprint density at radius 2 is 0.784 bits per heavy atom. The van der Waals surface area contributed by atoms with Crippen LogP contribution in [0.3, 0.4) is 0 Å². The predicted molar refractivity (Wildman–Crippen MR) is 147 cm³/mol. The van der Waals surface area contributed by atoms with Crippen molar-refractivity contribution in [2.75, 3.05) is 0 Å². The van der Waals surface area contributed by atoms with Crippen molar-refractivity contribution < 1.29 is 0 Å². The smallest absolute Gasteiger partial charge is 0.164 e. The van der Waals surface area contributed by atoms with Crippen LogP contribution in [0.15, 0.2) is 103 Å². The van der Waals surface area contributed by atoms with Crippen molar-refractivity contribution in [3.05, 3.63) is 109 Å². The van der Waals surface area contributed by atoms with E-state index in [9.17, 15) is 0 Å². The zero-order valence-electron chi connectivity index (χ0n) is 21.0. The molecular formula is C31H26N6. The maximum atomic E-state index is 4.52. The standard InChI is InChI=1S/C31H26N6/c1-21-18-26(20-27(19-21)31-35-33-29(37(31)3)24-12-8-5-9-13-24)22-14-16-25(17-15-22)30-34-32-28(36(30)2)23-10-6-4-7-11-23/h4-20H,1-3H3. The highest BCUT2D eigenvalue weighted by molar-refractivity contribution is 5.74. The Morgan fingerprint density at radius 1 is 0.405 bits per heavy atom. The molecule has 2 aromatic heterocycles. The maximum absolute atomic E-state index is 4.52. The quantitative estimate of drug-likeness (QED) is 0.278. The van der Waals surface area contributed by atoms with Gasteiger partial charge in [-0.15, -0.1) is 20.4 Å². The highest BCUT2D eigenvalue weighted by Gasteiger charge is 2.15. The second-order valence-electron chi connectivity index (χ2n) is 9.21. The summed E-state index contributed by atoms with van der Waals surface area (Å²) >= 11 is 0. The zero-order valence-corrected chi connectivity index (χ0v) is 21.0. The molecule has 0 fully saturated rings. The molecule has 0 radical (unpaired) electrons. The van der Waals surface area contributed by atoms with Gasteiger partial charge in [0.25, 0.3) is 0 Å². The van der Waals surface area contributed by atoms with Crippen molar-refractivity contribution >= 4 is 0 Å². The molecule has 6 aromatic rings. The van der Waals surface area contributed by atoms with Crippen molar-refractivity contribution in [3.63, 3.8) is 0 Å². The summed E-state index contributed by atoms with van der Waals surface area (Å²) in [7, 11) is 4.02. The van der Waals surface area contributed by atoms with Crippen LogP contribution in [0.4, 0.5) is 0 Å². The lowest BCUT2D eigenvalue weighted by atomic mass is 9.99. The van der Waals surface area contributed by atoms with E-state index < -0.39 is 0 Å². The van der Waals surface area contributed by atoms with Gasteiger partial charge in [-0.25, -0.2) is 0 Å². The van der Waals surface area contributed by atoms with E-state index in [0.717, 1.165) is 56.7 Å². The Balaban J connectivity index is 1.32. The van der Waals surface area contributed by atoms with Gasteiger partial charge in [0.15, 0.2) is 23.3 Å². The largest absolute Gasteiger partial charge is 0.310 e. The molecule has 2 heterocycles. The monoisotopic (exact) mass is 482 g/mol. The van der Waals surface area contributed by atoms with Gasteiger partial charge in [-0.05, 0) is 35.7 Å². The van der Waals surface area contributed by atoms with Gasteiger partial charge in [-0.2, -0.15) is 0 Å². The molecule has 0 aliphatic heterocycles. The lowest BCUT2D eigenvalue weighted by Crippen LogP contribution is -1.97. The molecule has 0 saturated heterocycles. The number of hydrogen-bond donors (Lipinski definition) is 0. The molecule has 0 aliphatic carbocycles. The zero-order chi connectivity index (χ0) is 25.4. The SMILES string of the molecule is Cc1cc(-c2ccc(-c3nnc(-c4ccccc4)n3C)cc2)cc(-c2nnc(-c3ccccc3)n2C)c1. The molecule has 6 rings (SSSR count). The first-order valence-corrected chi connectivity index (χ1v) is 12.2. The first kappa shape index (κ1) is 22.6. The van der Waals surface area contributed by atoms with E-state index in [1.54, 1.807) is 0 Å². The van der Waals surface area contributed by atoms with E-state index in [0.29, 0.717) is 0 Å². The number of hydrogen-bond acceptors (Lipinski definition) is 4. The summed E-state index contributed by atoms with van der Waals surface area (Å²) in [4.78, 5) is 0. The molecule has 6 heteroatoms. The Hall–Kier alpha value is -4.84. The van der Waals surface area contributed by atoms with Gasteiger partial charge in [0, 0.05) is 36.3 Å². The molecule has 0 bridgehead atoms. The molecule has 0 amide bonds. The van der Waals surface area contributed by atoms with E-state index in [2.05, 4.69) is 86.5 Å². The highest BCUT2D eigenvalue weighted by Crippen LogP contribution is 2.31. The topological polar surface area (TPSA) is 61.4 Å². The molecule has 37 heavy (non-hydrogen) atoms. The third-order valence-electron chi connectivity index (χ3n) is 6.63. The van der Waals surface area contributed by atoms with E-state index >= 15 is 0 Å². The van der Waals surface area contributed by atoms with Gasteiger partial charge in [0.1, 0.15) is 0 Å². The molecule has 0 spiro atoms. The van der Waals surface area contributed by atoms with Crippen LogP contribution in [0.1, 0.15) is 5.56 Å². The first-order chi connectivity index (χ1) is 18.1. The van der Waals surface area contributed by atoms with E-state index in [1.807, 2.05) is 67.2 Å². The fourth-order valence-corrected chi connectivity index (χ4v) is 4.73. The summed E-state index contributed by atoms with van der Waals surface area (Å²) in [6.07, 6.45) is 0. The number of rotatable bonds is 5. The third kappa shape index (κ3) is 4.23. The second kappa shape index (κ2) is 9.32. The molecule has 180 valence electrons. The fourth-order valence-electron chi connectivity index (χ4n) is 4.73. The molecule has 4 aromatic carbocycles. The number of benzene rings is 4. The van der Waals surface area contributed by atoms with Crippen LogP contribution in [-0.4, -0.2) is 29.5 Å². The van der Waals surface area contributed by atoms with Gasteiger partial charge in [0.2, 0.25) is 0 Å². The van der Waals surface area contributed by atoms with Crippen molar-refractivity contribution in [2.24, 2.45) is 14.1 Å². The predicted octanol–water partition coefficient (Wildman–Crippen LogP) is 6.59. The number of aromatic nitrogens is 6. The average molecular weight is 483 g/mol. The van der Waals surface area contributed by atoms with Crippen LogP contribution in [0.5, 0.6) is 0 Å². The fraction of sp³-hybridized carbons (Fsp3) is 0.0968. The Morgan fingerprint density at radius 3 is 1.27 bits per heavy atom. The molecule has 0 atom stereocenters. The molecule has 0 aliphatic rings. The molecule has 0 saturated carbocycles. The van der Waals surface area contributed by atoms with Gasteiger partial charge in [-0.1, -0.05) is 91.0 Å². The normalized spacial score (nSPS) is 11.1. The van der Waals surface area contributed by atoms with Crippen molar-refractivity contribution in [1.29, 1.82) is 0 Å². The number of nitrogens with zero attached hydrogens (tertiary/aromatic N) is 6. The molecular weight excluding hydrogens is 456 g/mol. The lowest BCUT2D eigenvalue weighted by molar-refractivity contribution is 0.929. The van der Waals surface area contributed by atoms with Gasteiger partial charge >= 0.3 is 0 Å². The van der Waals surface area contributed by atoms with Crippen LogP contribution < -0.4 is 0 Å². The Kier molecular flexibility index (Phi) is 5.69. The summed E-state index contributed by atoms with van der Waals surface area (Å²) in [5, 5.41) is 17.9. The summed E-state index contributed by atoms with van der Waals surface area (Å²) in [5.74, 6) is 3.37. The Bertz CT molecular complexity index is 1680. The molecule has 0 N–H and O–H groups in total. The number of aryl methyl sites for hydroxylation is 1. The van der Waals surface area contributed by atoms with E-state index in [-0.39, 0.29) is 0 Å². The minimum atomic E-state index is 0.836. The average Bonchev–Trinajstić information content (AvgIpc) is 3.52. The van der Waals surface area contributed by atoms with Crippen molar-refractivity contribution in [1.82, 2.24) is 29.5 Å². The third-order valence-corrected chi connectivity index (χ3v) is 6.63. The van der Waals surface area contributed by atoms with Gasteiger partial charge < -0.3 is 9.13 Å². The van der Waals surface area contributed by atoms with Gasteiger partial charge in [-0.3, -0.25) is 0 Å². The van der Waals surface area contributed by atoms with Crippen molar-refractivity contribution in [2.45, 2.75) is 6.92 Å². The first-order valence-electron chi connectivity index (χ1n) is 12.2. The minimum Gasteiger partial charge on any atom is -0.310 e. The summed E-state index contributed by atoms with van der Waals surface area (Å²) in [6, 6.07) is 35.3. The summed E-state index contributed by atoms with van der Waals surface area (Å²) in [6.45, 7) is 2.11. The van der Waals surface area contributed by atoms with E-state index in [4.69, 9.17) is 0 Å².